The van der Waals surface area contributed by atoms with Gasteiger partial charge in [-0.1, -0.05) is 12.5 Å². The number of aromatic amines is 1. The highest BCUT2D eigenvalue weighted by Crippen LogP contribution is 2.55. The monoisotopic (exact) mass is 492 g/mol. The van der Waals surface area contributed by atoms with Gasteiger partial charge in [0.05, 0.1) is 5.56 Å². The summed E-state index contributed by atoms with van der Waals surface area (Å²) < 4.78 is 52.0. The number of aromatic nitrogens is 3. The van der Waals surface area contributed by atoms with E-state index in [1.165, 1.54) is 19.3 Å². The Morgan fingerprint density at radius 2 is 1.77 bits per heavy atom. The van der Waals surface area contributed by atoms with E-state index in [4.69, 9.17) is 0 Å². The van der Waals surface area contributed by atoms with Crippen LogP contribution in [0.5, 0.6) is 0 Å². The fraction of sp³-hybridized carbons (Fsp3) is 0.625. The molecule has 2 N–H and O–H groups in total. The van der Waals surface area contributed by atoms with Crippen LogP contribution in [0.15, 0.2) is 18.2 Å². The largest absolute Gasteiger partial charge is 0.416 e. The topological polar surface area (TPSA) is 77.2 Å². The summed E-state index contributed by atoms with van der Waals surface area (Å²) in [6, 6.07) is 2.58. The first-order valence-electron chi connectivity index (χ1n) is 12.2. The quantitative estimate of drug-likeness (QED) is 0.619. The van der Waals surface area contributed by atoms with Gasteiger partial charge in [-0.05, 0) is 37.8 Å². The lowest BCUT2D eigenvalue weighted by Crippen LogP contribution is -2.69. The number of likely N-dealkylation sites (tertiary alicyclic amines) is 2. The SMILES string of the molecule is O=C(N1CC(NCc2ccc(C(F)(F)F)cc2F)C1)N1CC2(CC(c3nnc(C4CCC4)[nH]3)C2)C1. The van der Waals surface area contributed by atoms with Crippen LogP contribution in [-0.4, -0.2) is 63.2 Å². The molecule has 2 aromatic rings. The second-order valence-corrected chi connectivity index (χ2v) is 10.8. The number of rotatable bonds is 5. The summed E-state index contributed by atoms with van der Waals surface area (Å²) in [5, 5.41) is 11.8. The zero-order valence-corrected chi connectivity index (χ0v) is 19.2. The molecule has 0 atom stereocenters. The number of H-pyrrole nitrogens is 1. The first-order valence-corrected chi connectivity index (χ1v) is 12.2. The van der Waals surface area contributed by atoms with Crippen molar-refractivity contribution < 1.29 is 22.4 Å². The molecule has 0 bridgehead atoms. The van der Waals surface area contributed by atoms with Crippen LogP contribution >= 0.6 is 0 Å². The second kappa shape index (κ2) is 8.18. The predicted octanol–water partition coefficient (Wildman–Crippen LogP) is 4.00. The first kappa shape index (κ1) is 22.8. The van der Waals surface area contributed by atoms with Crippen molar-refractivity contribution in [3.05, 3.63) is 46.8 Å². The minimum atomic E-state index is -4.56. The molecule has 188 valence electrons. The van der Waals surface area contributed by atoms with Crippen LogP contribution in [0, 0.1) is 11.2 Å². The van der Waals surface area contributed by atoms with E-state index in [2.05, 4.69) is 20.5 Å². The van der Waals surface area contributed by atoms with E-state index in [0.717, 1.165) is 49.7 Å². The number of urea groups is 1. The van der Waals surface area contributed by atoms with Crippen molar-refractivity contribution in [2.24, 2.45) is 5.41 Å². The van der Waals surface area contributed by atoms with E-state index in [1.807, 2.05) is 4.90 Å². The van der Waals surface area contributed by atoms with E-state index in [-0.39, 0.29) is 29.6 Å². The average molecular weight is 493 g/mol. The van der Waals surface area contributed by atoms with Crippen molar-refractivity contribution in [3.63, 3.8) is 0 Å². The molecule has 6 rings (SSSR count). The van der Waals surface area contributed by atoms with Gasteiger partial charge >= 0.3 is 12.2 Å². The number of hydrogen-bond donors (Lipinski definition) is 2. The molecule has 7 nitrogen and oxygen atoms in total. The first-order chi connectivity index (χ1) is 16.7. The molecule has 0 radical (unpaired) electrons. The van der Waals surface area contributed by atoms with Crippen molar-refractivity contribution in [3.8, 4) is 0 Å². The highest BCUT2D eigenvalue weighted by Gasteiger charge is 2.55. The molecule has 1 spiro atoms. The molecule has 1 aromatic heterocycles. The molecule has 2 aliphatic carbocycles. The van der Waals surface area contributed by atoms with Gasteiger partial charge < -0.3 is 20.1 Å². The molecule has 4 aliphatic rings. The Kier molecular flexibility index (Phi) is 5.32. The molecule has 2 aliphatic heterocycles. The van der Waals surface area contributed by atoms with E-state index in [0.29, 0.717) is 31.0 Å². The maximum atomic E-state index is 14.0. The fourth-order valence-electron chi connectivity index (χ4n) is 5.76. The molecular formula is C24H28F4N6O. The third kappa shape index (κ3) is 4.17. The van der Waals surface area contributed by atoms with Crippen molar-refractivity contribution in [1.29, 1.82) is 0 Å². The molecule has 0 unspecified atom stereocenters. The summed E-state index contributed by atoms with van der Waals surface area (Å²) in [5.74, 6) is 2.08. The maximum Gasteiger partial charge on any atom is 0.416 e. The van der Waals surface area contributed by atoms with E-state index in [9.17, 15) is 22.4 Å². The molecule has 35 heavy (non-hydrogen) atoms. The molecular weight excluding hydrogens is 464 g/mol. The van der Waals surface area contributed by atoms with Gasteiger partial charge in [-0.2, -0.15) is 13.2 Å². The van der Waals surface area contributed by atoms with Crippen molar-refractivity contribution in [2.75, 3.05) is 26.2 Å². The lowest BCUT2D eigenvalue weighted by Gasteiger charge is -2.59. The van der Waals surface area contributed by atoms with Crippen LogP contribution in [0.25, 0.3) is 0 Å². The Hall–Kier alpha value is -2.69. The average Bonchev–Trinajstić information content (AvgIpc) is 3.12. The third-order valence-corrected chi connectivity index (χ3v) is 8.20. The van der Waals surface area contributed by atoms with Crippen LogP contribution in [0.2, 0.25) is 0 Å². The van der Waals surface area contributed by atoms with Crippen molar-refractivity contribution in [1.82, 2.24) is 30.3 Å². The fourth-order valence-corrected chi connectivity index (χ4v) is 5.76. The van der Waals surface area contributed by atoms with Crippen LogP contribution in [0.3, 0.4) is 0 Å². The van der Waals surface area contributed by atoms with Gasteiger partial charge in [0.15, 0.2) is 0 Å². The summed E-state index contributed by atoms with van der Waals surface area (Å²) in [4.78, 5) is 19.8. The Morgan fingerprint density at radius 1 is 1.09 bits per heavy atom. The van der Waals surface area contributed by atoms with E-state index >= 15 is 0 Å². The molecule has 3 heterocycles. The number of hydrogen-bond acceptors (Lipinski definition) is 4. The van der Waals surface area contributed by atoms with Gasteiger partial charge in [0, 0.05) is 61.6 Å². The second-order valence-electron chi connectivity index (χ2n) is 10.8. The smallest absolute Gasteiger partial charge is 0.328 e. The van der Waals surface area contributed by atoms with Gasteiger partial charge in [0.1, 0.15) is 17.5 Å². The van der Waals surface area contributed by atoms with Gasteiger partial charge in [-0.15, -0.1) is 10.2 Å². The summed E-state index contributed by atoms with van der Waals surface area (Å²) >= 11 is 0. The number of alkyl halides is 3. The Morgan fingerprint density at radius 3 is 2.37 bits per heavy atom. The zero-order valence-electron chi connectivity index (χ0n) is 19.2. The van der Waals surface area contributed by atoms with Gasteiger partial charge in [-0.25, -0.2) is 9.18 Å². The van der Waals surface area contributed by atoms with Crippen LogP contribution in [0.1, 0.15) is 66.7 Å². The number of amides is 2. The van der Waals surface area contributed by atoms with Crippen LogP contribution in [0.4, 0.5) is 22.4 Å². The highest BCUT2D eigenvalue weighted by atomic mass is 19.4. The van der Waals surface area contributed by atoms with Crippen molar-refractivity contribution >= 4 is 6.03 Å². The number of carbonyl (C=O) groups excluding carboxylic acids is 1. The number of carbonyl (C=O) groups is 1. The number of nitrogens with one attached hydrogen (secondary N) is 2. The minimum Gasteiger partial charge on any atom is -0.328 e. The minimum absolute atomic E-state index is 0.000258. The number of halogens is 4. The normalized spacial score (nSPS) is 22.5. The van der Waals surface area contributed by atoms with E-state index in [1.54, 1.807) is 4.90 Å². The summed E-state index contributed by atoms with van der Waals surface area (Å²) in [5.41, 5.74) is -0.617. The van der Waals surface area contributed by atoms with Crippen molar-refractivity contribution in [2.45, 2.75) is 62.7 Å². The molecule has 2 saturated heterocycles. The van der Waals surface area contributed by atoms with Crippen LogP contribution in [-0.2, 0) is 12.7 Å². The van der Waals surface area contributed by atoms with Gasteiger partial charge in [0.25, 0.3) is 0 Å². The molecule has 4 fully saturated rings. The van der Waals surface area contributed by atoms with Gasteiger partial charge in [-0.3, -0.25) is 0 Å². The van der Waals surface area contributed by atoms with Crippen LogP contribution < -0.4 is 5.32 Å². The van der Waals surface area contributed by atoms with E-state index < -0.39 is 17.6 Å². The third-order valence-electron chi connectivity index (χ3n) is 8.20. The maximum absolute atomic E-state index is 14.0. The standard InChI is InChI=1S/C24H28F4N6O/c25-19-6-17(24(26,27)28)5-4-15(19)9-29-18-10-33(11-18)22(35)34-12-23(13-34)7-16(8-23)21-30-20(31-32-21)14-2-1-3-14/h4-6,14,16,18,29H,1-3,7-13H2,(H,30,31,32). The Balaban J connectivity index is 0.918. The lowest BCUT2D eigenvalue weighted by molar-refractivity contribution is -0.137. The predicted molar refractivity (Wildman–Crippen MR) is 118 cm³/mol. The summed E-state index contributed by atoms with van der Waals surface area (Å²) in [6.07, 6.45) is 1.14. The number of nitrogens with zero attached hydrogens (tertiary/aromatic N) is 4. The summed E-state index contributed by atoms with van der Waals surface area (Å²) in [7, 11) is 0. The number of benzene rings is 1. The van der Waals surface area contributed by atoms with Gasteiger partial charge in [0.2, 0.25) is 0 Å². The molecule has 2 amide bonds. The lowest BCUT2D eigenvalue weighted by atomic mass is 9.57. The molecule has 1 aromatic carbocycles. The summed E-state index contributed by atoms with van der Waals surface area (Å²) in [6.45, 7) is 2.66. The molecule has 11 heteroatoms. The molecule has 2 saturated carbocycles. The Bertz CT molecular complexity index is 1110. The zero-order chi connectivity index (χ0) is 24.4. The Labute approximate surface area is 200 Å². The highest BCUT2D eigenvalue weighted by molar-refractivity contribution is 5.76.